The number of morpholine rings is 1. The topological polar surface area (TPSA) is 54.7 Å². The van der Waals surface area contributed by atoms with E-state index in [-0.39, 0.29) is 23.2 Å². The second-order valence-corrected chi connectivity index (χ2v) is 8.18. The van der Waals surface area contributed by atoms with Gasteiger partial charge >= 0.3 is 0 Å². The number of nitrogens with one attached hydrogen (secondary N) is 1. The Hall–Kier alpha value is -2.18. The Labute approximate surface area is 171 Å². The van der Waals surface area contributed by atoms with Crippen LogP contribution in [0.2, 0.25) is 0 Å². The van der Waals surface area contributed by atoms with E-state index in [0.29, 0.717) is 17.9 Å². The fourth-order valence-corrected chi connectivity index (χ4v) is 4.67. The minimum atomic E-state index is -0.336. The summed E-state index contributed by atoms with van der Waals surface area (Å²) in [5.74, 6) is 0.653. The summed E-state index contributed by atoms with van der Waals surface area (Å²) >= 11 is 0. The van der Waals surface area contributed by atoms with Gasteiger partial charge in [0.1, 0.15) is 11.6 Å². The minimum Gasteiger partial charge on any atom is -0.454 e. The fourth-order valence-electron chi connectivity index (χ4n) is 4.67. The number of halogens is 1. The first-order chi connectivity index (χ1) is 14.1. The molecule has 156 valence electrons. The number of rotatable bonds is 6. The van der Waals surface area contributed by atoms with Crippen LogP contribution in [0.4, 0.5) is 4.39 Å². The summed E-state index contributed by atoms with van der Waals surface area (Å²) in [6.07, 6.45) is 3.86. The molecule has 1 saturated heterocycles. The summed E-state index contributed by atoms with van der Waals surface area (Å²) in [6, 6.07) is 10.6. The number of hydrogen-bond donors (Lipinski definition) is 1. The molecule has 2 fully saturated rings. The molecule has 1 atom stereocenters. The van der Waals surface area contributed by atoms with Gasteiger partial charge in [-0.3, -0.25) is 9.69 Å². The molecule has 0 radical (unpaired) electrons. The summed E-state index contributed by atoms with van der Waals surface area (Å²) in [5.41, 5.74) is 0.371. The number of amides is 1. The number of furan rings is 1. The van der Waals surface area contributed by atoms with E-state index in [1.807, 2.05) is 18.2 Å². The highest BCUT2D eigenvalue weighted by Crippen LogP contribution is 2.41. The molecular weight excluding hydrogens is 371 g/mol. The third-order valence-corrected chi connectivity index (χ3v) is 6.45. The summed E-state index contributed by atoms with van der Waals surface area (Å²) < 4.78 is 25.7. The molecule has 0 spiro atoms. The Balaban J connectivity index is 1.43. The zero-order valence-corrected chi connectivity index (χ0v) is 17.0. The van der Waals surface area contributed by atoms with Crippen molar-refractivity contribution in [1.82, 2.24) is 10.2 Å². The van der Waals surface area contributed by atoms with Gasteiger partial charge in [-0.15, -0.1) is 0 Å². The van der Waals surface area contributed by atoms with Gasteiger partial charge in [0.15, 0.2) is 5.76 Å². The first kappa shape index (κ1) is 20.1. The fraction of sp³-hybridized carbons (Fsp3) is 0.522. The Morgan fingerprint density at radius 1 is 1.17 bits per heavy atom. The number of carbonyl (C=O) groups is 1. The van der Waals surface area contributed by atoms with E-state index in [4.69, 9.17) is 9.15 Å². The van der Waals surface area contributed by atoms with E-state index in [1.165, 1.54) is 6.07 Å². The second-order valence-electron chi connectivity index (χ2n) is 8.18. The van der Waals surface area contributed by atoms with Crippen molar-refractivity contribution in [3.05, 3.63) is 59.3 Å². The Kier molecular flexibility index (Phi) is 6.01. The highest BCUT2D eigenvalue weighted by Gasteiger charge is 2.38. The summed E-state index contributed by atoms with van der Waals surface area (Å²) in [6.45, 7) is 5.65. The SMILES string of the molecule is C[C@H](c1ccc(C(=O)NCC2(c3ccccc3F)CCCC2)o1)N1CCOCC1. The lowest BCUT2D eigenvalue weighted by molar-refractivity contribution is 0.0155. The maximum atomic E-state index is 14.5. The van der Waals surface area contributed by atoms with Gasteiger partial charge in [0.05, 0.1) is 19.3 Å². The minimum absolute atomic E-state index is 0.0973. The second kappa shape index (κ2) is 8.67. The Morgan fingerprint density at radius 3 is 2.62 bits per heavy atom. The lowest BCUT2D eigenvalue weighted by Gasteiger charge is -2.31. The molecule has 4 rings (SSSR count). The highest BCUT2D eigenvalue weighted by molar-refractivity contribution is 5.91. The van der Waals surface area contributed by atoms with Crippen LogP contribution in [0.1, 0.15) is 60.5 Å². The molecule has 1 saturated carbocycles. The molecule has 1 amide bonds. The maximum Gasteiger partial charge on any atom is 0.287 e. The number of hydrogen-bond acceptors (Lipinski definition) is 4. The van der Waals surface area contributed by atoms with Crippen LogP contribution in [0.25, 0.3) is 0 Å². The Morgan fingerprint density at radius 2 is 1.90 bits per heavy atom. The van der Waals surface area contributed by atoms with E-state index in [9.17, 15) is 9.18 Å². The normalized spacial score (nSPS) is 20.5. The molecule has 5 nitrogen and oxygen atoms in total. The van der Waals surface area contributed by atoms with Crippen LogP contribution in [0, 0.1) is 5.82 Å². The molecule has 6 heteroatoms. The quantitative estimate of drug-likeness (QED) is 0.795. The molecule has 1 aromatic carbocycles. The van der Waals surface area contributed by atoms with Crippen LogP contribution < -0.4 is 5.32 Å². The molecule has 1 aliphatic heterocycles. The molecule has 1 N–H and O–H groups in total. The van der Waals surface area contributed by atoms with Gasteiger partial charge in [0.25, 0.3) is 5.91 Å². The van der Waals surface area contributed by atoms with Crippen LogP contribution in [-0.4, -0.2) is 43.7 Å². The average Bonchev–Trinajstić information content (AvgIpc) is 3.43. The lowest BCUT2D eigenvalue weighted by atomic mass is 9.78. The third-order valence-electron chi connectivity index (χ3n) is 6.45. The first-order valence-electron chi connectivity index (χ1n) is 10.5. The summed E-state index contributed by atoms with van der Waals surface area (Å²) in [7, 11) is 0. The van der Waals surface area contributed by atoms with E-state index < -0.39 is 0 Å². The summed E-state index contributed by atoms with van der Waals surface area (Å²) in [5, 5.41) is 3.01. The first-order valence-corrected chi connectivity index (χ1v) is 10.5. The molecule has 2 aromatic rings. The maximum absolute atomic E-state index is 14.5. The van der Waals surface area contributed by atoms with Crippen LogP contribution in [0.15, 0.2) is 40.8 Å². The van der Waals surface area contributed by atoms with Crippen LogP contribution in [0.3, 0.4) is 0 Å². The molecule has 29 heavy (non-hydrogen) atoms. The van der Waals surface area contributed by atoms with Crippen molar-refractivity contribution in [1.29, 1.82) is 0 Å². The van der Waals surface area contributed by atoms with Crippen LogP contribution in [0.5, 0.6) is 0 Å². The van der Waals surface area contributed by atoms with Gasteiger partial charge in [-0.1, -0.05) is 31.0 Å². The third kappa shape index (κ3) is 4.23. The molecule has 0 unspecified atom stereocenters. The molecule has 2 heterocycles. The standard InChI is InChI=1S/C23H29FN2O3/c1-17(26-12-14-28-15-13-26)20-8-9-21(29-20)22(27)25-16-23(10-4-5-11-23)18-6-2-3-7-19(18)24/h2-3,6-9,17H,4-5,10-16H2,1H3,(H,25,27)/t17-/m1/s1. The number of benzene rings is 1. The van der Waals surface area contributed by atoms with Gasteiger partial charge in [0.2, 0.25) is 0 Å². The largest absolute Gasteiger partial charge is 0.454 e. The van der Waals surface area contributed by atoms with Gasteiger partial charge in [0, 0.05) is 25.0 Å². The van der Waals surface area contributed by atoms with Crippen molar-refractivity contribution in [3.8, 4) is 0 Å². The van der Waals surface area contributed by atoms with Crippen molar-refractivity contribution in [3.63, 3.8) is 0 Å². The predicted octanol–water partition coefficient (Wildman–Crippen LogP) is 4.05. The molecular formula is C23H29FN2O3. The van der Waals surface area contributed by atoms with E-state index in [0.717, 1.165) is 57.7 Å². The highest BCUT2D eigenvalue weighted by atomic mass is 19.1. The number of nitrogens with zero attached hydrogens (tertiary/aromatic N) is 1. The van der Waals surface area contributed by atoms with Gasteiger partial charge in [-0.25, -0.2) is 4.39 Å². The van der Waals surface area contributed by atoms with Crippen molar-refractivity contribution in [2.75, 3.05) is 32.8 Å². The molecule has 1 aromatic heterocycles. The average molecular weight is 400 g/mol. The van der Waals surface area contributed by atoms with Gasteiger partial charge < -0.3 is 14.5 Å². The molecule has 1 aliphatic carbocycles. The summed E-state index contributed by atoms with van der Waals surface area (Å²) in [4.78, 5) is 15.0. The zero-order valence-electron chi connectivity index (χ0n) is 17.0. The van der Waals surface area contributed by atoms with Crippen molar-refractivity contribution in [2.45, 2.75) is 44.1 Å². The van der Waals surface area contributed by atoms with Crippen molar-refractivity contribution in [2.24, 2.45) is 0 Å². The smallest absolute Gasteiger partial charge is 0.287 e. The van der Waals surface area contributed by atoms with Crippen molar-refractivity contribution < 1.29 is 18.3 Å². The number of carbonyl (C=O) groups excluding carboxylic acids is 1. The molecule has 0 bridgehead atoms. The van der Waals surface area contributed by atoms with Gasteiger partial charge in [-0.05, 0) is 43.5 Å². The van der Waals surface area contributed by atoms with E-state index in [2.05, 4.69) is 17.1 Å². The van der Waals surface area contributed by atoms with Crippen LogP contribution in [-0.2, 0) is 10.2 Å². The Bertz CT molecular complexity index is 838. The van der Waals surface area contributed by atoms with E-state index in [1.54, 1.807) is 12.1 Å². The zero-order chi connectivity index (χ0) is 20.3. The van der Waals surface area contributed by atoms with Crippen molar-refractivity contribution >= 4 is 5.91 Å². The monoisotopic (exact) mass is 400 g/mol. The lowest BCUT2D eigenvalue weighted by Crippen LogP contribution is -2.39. The molecule has 2 aliphatic rings. The van der Waals surface area contributed by atoms with E-state index >= 15 is 0 Å². The number of ether oxygens (including phenoxy) is 1. The van der Waals surface area contributed by atoms with Gasteiger partial charge in [-0.2, -0.15) is 0 Å². The predicted molar refractivity (Wildman–Crippen MR) is 108 cm³/mol. The van der Waals surface area contributed by atoms with Crippen LogP contribution >= 0.6 is 0 Å².